The average Bonchev–Trinajstić information content (AvgIpc) is 2.35. The third kappa shape index (κ3) is 4.63. The zero-order valence-electron chi connectivity index (χ0n) is 11.3. The van der Waals surface area contributed by atoms with Crippen LogP contribution < -0.4 is 10.1 Å². The number of hydrogen-bond donors (Lipinski definition) is 1. The fourth-order valence-electron chi connectivity index (χ4n) is 1.79. The third-order valence-electron chi connectivity index (χ3n) is 2.70. The zero-order valence-corrected chi connectivity index (χ0v) is 11.3. The van der Waals surface area contributed by atoms with Crippen molar-refractivity contribution < 1.29 is 13.9 Å². The molecule has 0 aromatic heterocycles. The van der Waals surface area contributed by atoms with E-state index in [2.05, 4.69) is 5.32 Å². The Balaban J connectivity index is 2.70. The van der Waals surface area contributed by atoms with Gasteiger partial charge in [-0.15, -0.1) is 0 Å². The van der Waals surface area contributed by atoms with Crippen LogP contribution in [0.5, 0.6) is 5.75 Å². The largest absolute Gasteiger partial charge is 0.493 e. The number of nitrogens with one attached hydrogen (secondary N) is 1. The Morgan fingerprint density at radius 2 is 2.11 bits per heavy atom. The van der Waals surface area contributed by atoms with Gasteiger partial charge in [-0.1, -0.05) is 13.0 Å². The minimum Gasteiger partial charge on any atom is -0.493 e. The summed E-state index contributed by atoms with van der Waals surface area (Å²) in [6.45, 7) is 6.12. The number of methoxy groups -OCH3 is 1. The lowest BCUT2D eigenvalue weighted by molar-refractivity contribution is 0.171. The molecule has 1 N–H and O–H groups in total. The summed E-state index contributed by atoms with van der Waals surface area (Å²) in [5.41, 5.74) is 0.982. The SMILES string of the molecule is CCNC(C)c1ccc(F)cc1OCCCOC. The van der Waals surface area contributed by atoms with E-state index in [4.69, 9.17) is 9.47 Å². The van der Waals surface area contributed by atoms with Crippen molar-refractivity contribution in [3.63, 3.8) is 0 Å². The second kappa shape index (κ2) is 8.06. The highest BCUT2D eigenvalue weighted by atomic mass is 19.1. The number of hydrogen-bond acceptors (Lipinski definition) is 3. The van der Waals surface area contributed by atoms with Crippen molar-refractivity contribution in [3.05, 3.63) is 29.6 Å². The van der Waals surface area contributed by atoms with E-state index in [1.807, 2.05) is 13.8 Å². The summed E-state index contributed by atoms with van der Waals surface area (Å²) < 4.78 is 23.8. The van der Waals surface area contributed by atoms with E-state index >= 15 is 0 Å². The van der Waals surface area contributed by atoms with Crippen molar-refractivity contribution in [1.82, 2.24) is 5.32 Å². The van der Waals surface area contributed by atoms with Crippen LogP contribution in [0, 0.1) is 5.82 Å². The highest BCUT2D eigenvalue weighted by Gasteiger charge is 2.11. The Hall–Kier alpha value is -1.13. The normalized spacial score (nSPS) is 12.4. The lowest BCUT2D eigenvalue weighted by Crippen LogP contribution is -2.18. The van der Waals surface area contributed by atoms with Gasteiger partial charge < -0.3 is 14.8 Å². The van der Waals surface area contributed by atoms with E-state index < -0.39 is 0 Å². The summed E-state index contributed by atoms with van der Waals surface area (Å²) in [5, 5.41) is 3.30. The van der Waals surface area contributed by atoms with Gasteiger partial charge in [0.1, 0.15) is 11.6 Å². The standard InChI is InChI=1S/C14H22FNO2/c1-4-16-11(2)13-7-6-12(15)10-14(13)18-9-5-8-17-3/h6-7,10-11,16H,4-5,8-9H2,1-3H3. The van der Waals surface area contributed by atoms with Gasteiger partial charge in [0.25, 0.3) is 0 Å². The molecule has 0 amide bonds. The lowest BCUT2D eigenvalue weighted by atomic mass is 10.1. The summed E-state index contributed by atoms with van der Waals surface area (Å²) in [5.74, 6) is 0.337. The van der Waals surface area contributed by atoms with E-state index in [-0.39, 0.29) is 11.9 Å². The monoisotopic (exact) mass is 255 g/mol. The van der Waals surface area contributed by atoms with Crippen LogP contribution in [0.3, 0.4) is 0 Å². The van der Waals surface area contributed by atoms with Crippen LogP contribution in [-0.2, 0) is 4.74 Å². The van der Waals surface area contributed by atoms with Crippen LogP contribution in [0.4, 0.5) is 4.39 Å². The van der Waals surface area contributed by atoms with Gasteiger partial charge >= 0.3 is 0 Å². The Kier molecular flexibility index (Phi) is 6.68. The zero-order chi connectivity index (χ0) is 13.4. The fourth-order valence-corrected chi connectivity index (χ4v) is 1.79. The molecule has 1 atom stereocenters. The maximum atomic E-state index is 13.2. The van der Waals surface area contributed by atoms with Gasteiger partial charge in [0.2, 0.25) is 0 Å². The predicted octanol–water partition coefficient (Wildman–Crippen LogP) is 2.91. The molecule has 4 heteroatoms. The van der Waals surface area contributed by atoms with E-state index in [9.17, 15) is 4.39 Å². The summed E-state index contributed by atoms with van der Waals surface area (Å²) in [7, 11) is 1.65. The average molecular weight is 255 g/mol. The summed E-state index contributed by atoms with van der Waals surface area (Å²) in [6.07, 6.45) is 0.794. The Morgan fingerprint density at radius 1 is 1.33 bits per heavy atom. The number of ether oxygens (including phenoxy) is 2. The Morgan fingerprint density at radius 3 is 2.78 bits per heavy atom. The molecule has 0 aliphatic heterocycles. The maximum Gasteiger partial charge on any atom is 0.126 e. The van der Waals surface area contributed by atoms with Crippen LogP contribution in [0.15, 0.2) is 18.2 Å². The number of benzene rings is 1. The first-order valence-corrected chi connectivity index (χ1v) is 6.33. The third-order valence-corrected chi connectivity index (χ3v) is 2.70. The van der Waals surface area contributed by atoms with Gasteiger partial charge in [0.15, 0.2) is 0 Å². The molecule has 0 spiro atoms. The molecule has 0 saturated carbocycles. The summed E-state index contributed by atoms with van der Waals surface area (Å²) >= 11 is 0. The first-order chi connectivity index (χ1) is 8.69. The van der Waals surface area contributed by atoms with Crippen molar-refractivity contribution in [2.45, 2.75) is 26.3 Å². The quantitative estimate of drug-likeness (QED) is 0.724. The number of rotatable bonds is 8. The van der Waals surface area contributed by atoms with Crippen LogP contribution in [0.1, 0.15) is 31.9 Å². The van der Waals surface area contributed by atoms with Crippen molar-refractivity contribution >= 4 is 0 Å². The van der Waals surface area contributed by atoms with E-state index in [0.29, 0.717) is 19.0 Å². The number of halogens is 1. The predicted molar refractivity (Wildman–Crippen MR) is 70.5 cm³/mol. The Bertz CT molecular complexity index is 358. The lowest BCUT2D eigenvalue weighted by Gasteiger charge is -2.17. The van der Waals surface area contributed by atoms with Crippen LogP contribution >= 0.6 is 0 Å². The molecule has 0 saturated heterocycles. The first kappa shape index (κ1) is 14.9. The van der Waals surface area contributed by atoms with Gasteiger partial charge in [-0.2, -0.15) is 0 Å². The molecule has 102 valence electrons. The van der Waals surface area contributed by atoms with Gasteiger partial charge in [-0.05, 0) is 19.5 Å². The molecule has 1 unspecified atom stereocenters. The second-order valence-corrected chi connectivity index (χ2v) is 4.16. The van der Waals surface area contributed by atoms with Crippen molar-refractivity contribution in [1.29, 1.82) is 0 Å². The van der Waals surface area contributed by atoms with E-state index in [0.717, 1.165) is 18.5 Å². The molecule has 0 heterocycles. The molecule has 0 fully saturated rings. The minimum absolute atomic E-state index is 0.146. The molecule has 0 aliphatic rings. The van der Waals surface area contributed by atoms with Crippen LogP contribution in [0.2, 0.25) is 0 Å². The molecule has 0 radical (unpaired) electrons. The minimum atomic E-state index is -0.274. The second-order valence-electron chi connectivity index (χ2n) is 4.16. The molecule has 3 nitrogen and oxygen atoms in total. The molecule has 0 aliphatic carbocycles. The molecule has 18 heavy (non-hydrogen) atoms. The fraction of sp³-hybridized carbons (Fsp3) is 0.571. The molecular weight excluding hydrogens is 233 g/mol. The molecule has 1 rings (SSSR count). The molecule has 1 aromatic carbocycles. The smallest absolute Gasteiger partial charge is 0.126 e. The van der Waals surface area contributed by atoms with Crippen LogP contribution in [-0.4, -0.2) is 26.9 Å². The van der Waals surface area contributed by atoms with Crippen molar-refractivity contribution in [2.75, 3.05) is 26.9 Å². The summed E-state index contributed by atoms with van der Waals surface area (Å²) in [6, 6.07) is 4.82. The molecule has 0 bridgehead atoms. The van der Waals surface area contributed by atoms with Gasteiger partial charge in [0.05, 0.1) is 6.61 Å². The van der Waals surface area contributed by atoms with E-state index in [1.54, 1.807) is 13.2 Å². The van der Waals surface area contributed by atoms with Crippen molar-refractivity contribution in [3.8, 4) is 5.75 Å². The molecular formula is C14H22FNO2. The van der Waals surface area contributed by atoms with Gasteiger partial charge in [-0.3, -0.25) is 0 Å². The van der Waals surface area contributed by atoms with E-state index in [1.165, 1.54) is 12.1 Å². The van der Waals surface area contributed by atoms with Gasteiger partial charge in [-0.25, -0.2) is 4.39 Å². The van der Waals surface area contributed by atoms with Crippen LogP contribution in [0.25, 0.3) is 0 Å². The maximum absolute atomic E-state index is 13.2. The van der Waals surface area contributed by atoms with Gasteiger partial charge in [0, 0.05) is 37.8 Å². The first-order valence-electron chi connectivity index (χ1n) is 6.33. The van der Waals surface area contributed by atoms with Crippen molar-refractivity contribution in [2.24, 2.45) is 0 Å². The summed E-state index contributed by atoms with van der Waals surface area (Å²) in [4.78, 5) is 0. The highest BCUT2D eigenvalue weighted by molar-refractivity contribution is 5.36. The Labute approximate surface area is 108 Å². The topological polar surface area (TPSA) is 30.5 Å². The molecule has 1 aromatic rings. The highest BCUT2D eigenvalue weighted by Crippen LogP contribution is 2.26.